The molecule has 3 aromatic rings. The molecule has 0 fully saturated rings. The SMILES string of the molecule is Cc1nc2nc[nH]n2c(=O)c1-c1c(Cl)cccc1Cl. The molecule has 0 aliphatic heterocycles. The molecule has 1 N–H and O–H groups in total. The van der Waals surface area contributed by atoms with E-state index in [4.69, 9.17) is 23.2 Å². The van der Waals surface area contributed by atoms with E-state index in [1.165, 1.54) is 10.8 Å². The third kappa shape index (κ3) is 1.82. The van der Waals surface area contributed by atoms with Crippen molar-refractivity contribution in [2.45, 2.75) is 6.92 Å². The van der Waals surface area contributed by atoms with Crippen LogP contribution < -0.4 is 5.56 Å². The van der Waals surface area contributed by atoms with Crippen LogP contribution in [0.15, 0.2) is 29.3 Å². The first kappa shape index (κ1) is 12.2. The van der Waals surface area contributed by atoms with Crippen LogP contribution in [0.3, 0.4) is 0 Å². The number of hydrogen-bond acceptors (Lipinski definition) is 3. The predicted molar refractivity (Wildman–Crippen MR) is 73.8 cm³/mol. The molecule has 0 aliphatic carbocycles. The molecule has 0 amide bonds. The lowest BCUT2D eigenvalue weighted by atomic mass is 10.1. The summed E-state index contributed by atoms with van der Waals surface area (Å²) in [5.41, 5.74) is 1.12. The van der Waals surface area contributed by atoms with Crippen LogP contribution in [0.4, 0.5) is 0 Å². The molecule has 0 saturated heterocycles. The lowest BCUT2D eigenvalue weighted by Crippen LogP contribution is -2.19. The van der Waals surface area contributed by atoms with Crippen molar-refractivity contribution in [2.24, 2.45) is 0 Å². The van der Waals surface area contributed by atoms with Crippen molar-refractivity contribution < 1.29 is 0 Å². The maximum absolute atomic E-state index is 12.4. The van der Waals surface area contributed by atoms with E-state index in [2.05, 4.69) is 15.1 Å². The summed E-state index contributed by atoms with van der Waals surface area (Å²) < 4.78 is 1.25. The highest BCUT2D eigenvalue weighted by Gasteiger charge is 2.18. The van der Waals surface area contributed by atoms with Gasteiger partial charge in [-0.1, -0.05) is 29.3 Å². The Labute approximate surface area is 117 Å². The van der Waals surface area contributed by atoms with Gasteiger partial charge in [0.25, 0.3) is 11.3 Å². The summed E-state index contributed by atoms with van der Waals surface area (Å²) in [4.78, 5) is 20.7. The molecule has 0 saturated carbocycles. The molecule has 0 aliphatic rings. The lowest BCUT2D eigenvalue weighted by molar-refractivity contribution is 0.892. The van der Waals surface area contributed by atoms with E-state index in [0.29, 0.717) is 32.6 Å². The number of hydrogen-bond donors (Lipinski definition) is 1. The van der Waals surface area contributed by atoms with Gasteiger partial charge in [-0.25, -0.2) is 9.97 Å². The van der Waals surface area contributed by atoms with E-state index in [1.807, 2.05) is 0 Å². The van der Waals surface area contributed by atoms with E-state index in [0.717, 1.165) is 0 Å². The fraction of sp³-hybridized carbons (Fsp3) is 0.0833. The first-order valence-corrected chi connectivity index (χ1v) is 6.22. The highest BCUT2D eigenvalue weighted by Crippen LogP contribution is 2.33. The molecule has 0 atom stereocenters. The van der Waals surface area contributed by atoms with Gasteiger partial charge in [0.1, 0.15) is 6.33 Å². The number of aryl methyl sites for hydroxylation is 1. The van der Waals surface area contributed by atoms with Crippen molar-refractivity contribution in [1.82, 2.24) is 19.6 Å². The van der Waals surface area contributed by atoms with Gasteiger partial charge < -0.3 is 0 Å². The minimum absolute atomic E-state index is 0.282. The number of rotatable bonds is 1. The number of nitrogens with zero attached hydrogens (tertiary/aromatic N) is 3. The van der Waals surface area contributed by atoms with Crippen molar-refractivity contribution in [3.8, 4) is 11.1 Å². The summed E-state index contributed by atoms with van der Waals surface area (Å²) in [5.74, 6) is 0.314. The molecular weight excluding hydrogens is 287 g/mol. The van der Waals surface area contributed by atoms with Crippen LogP contribution in [0, 0.1) is 6.92 Å². The second-order valence-corrected chi connectivity index (χ2v) is 4.81. The summed E-state index contributed by atoms with van der Waals surface area (Å²) in [5, 5.41) is 3.53. The fourth-order valence-corrected chi connectivity index (χ4v) is 2.57. The number of aromatic nitrogens is 4. The molecule has 1 aromatic carbocycles. The molecule has 0 spiro atoms. The fourth-order valence-electron chi connectivity index (χ4n) is 1.99. The van der Waals surface area contributed by atoms with Gasteiger partial charge in [0, 0.05) is 5.56 Å². The van der Waals surface area contributed by atoms with E-state index in [-0.39, 0.29) is 5.56 Å². The summed E-state index contributed by atoms with van der Waals surface area (Å²) in [6.45, 7) is 1.73. The maximum atomic E-state index is 12.4. The first-order valence-electron chi connectivity index (χ1n) is 5.46. The molecule has 3 rings (SSSR count). The molecule has 19 heavy (non-hydrogen) atoms. The monoisotopic (exact) mass is 294 g/mol. The van der Waals surface area contributed by atoms with Gasteiger partial charge in [-0.15, -0.1) is 0 Å². The zero-order valence-corrected chi connectivity index (χ0v) is 11.3. The summed E-state index contributed by atoms with van der Waals surface area (Å²) >= 11 is 12.3. The Balaban J connectivity index is 2.46. The van der Waals surface area contributed by atoms with Crippen LogP contribution in [0.25, 0.3) is 16.9 Å². The smallest absolute Gasteiger partial charge is 0.278 e. The third-order valence-corrected chi connectivity index (χ3v) is 3.46. The van der Waals surface area contributed by atoms with Crippen molar-refractivity contribution in [3.05, 3.63) is 50.6 Å². The Morgan fingerprint density at radius 2 is 1.89 bits per heavy atom. The quantitative estimate of drug-likeness (QED) is 0.750. The van der Waals surface area contributed by atoms with Crippen LogP contribution in [0.2, 0.25) is 10.0 Å². The Morgan fingerprint density at radius 1 is 1.21 bits per heavy atom. The van der Waals surface area contributed by atoms with E-state index < -0.39 is 0 Å². The van der Waals surface area contributed by atoms with Crippen molar-refractivity contribution in [2.75, 3.05) is 0 Å². The minimum Gasteiger partial charge on any atom is -0.278 e. The zero-order chi connectivity index (χ0) is 13.6. The number of aromatic amines is 1. The van der Waals surface area contributed by atoms with Crippen LogP contribution in [0.5, 0.6) is 0 Å². The first-order chi connectivity index (χ1) is 9.09. The number of fused-ring (bicyclic) bond motifs is 1. The lowest BCUT2D eigenvalue weighted by Gasteiger charge is -2.08. The summed E-state index contributed by atoms with van der Waals surface area (Å²) in [7, 11) is 0. The highest BCUT2D eigenvalue weighted by atomic mass is 35.5. The van der Waals surface area contributed by atoms with Crippen molar-refractivity contribution in [3.63, 3.8) is 0 Å². The van der Waals surface area contributed by atoms with Gasteiger partial charge >= 0.3 is 0 Å². The van der Waals surface area contributed by atoms with Crippen LogP contribution in [0.1, 0.15) is 5.69 Å². The molecule has 2 heterocycles. The molecule has 0 unspecified atom stereocenters. The maximum Gasteiger partial charge on any atom is 0.282 e. The Morgan fingerprint density at radius 3 is 2.58 bits per heavy atom. The van der Waals surface area contributed by atoms with Gasteiger partial charge in [0.15, 0.2) is 0 Å². The Hall–Kier alpha value is -1.85. The van der Waals surface area contributed by atoms with Crippen LogP contribution >= 0.6 is 23.2 Å². The van der Waals surface area contributed by atoms with Crippen molar-refractivity contribution in [1.29, 1.82) is 0 Å². The Bertz CT molecular complexity index is 817. The highest BCUT2D eigenvalue weighted by molar-refractivity contribution is 6.39. The molecule has 2 aromatic heterocycles. The number of halogens is 2. The molecule has 0 bridgehead atoms. The second kappa shape index (κ2) is 4.36. The van der Waals surface area contributed by atoms with Crippen LogP contribution in [-0.2, 0) is 0 Å². The molecular formula is C12H8Cl2N4O. The van der Waals surface area contributed by atoms with E-state index >= 15 is 0 Å². The number of benzene rings is 1. The zero-order valence-electron chi connectivity index (χ0n) is 9.82. The van der Waals surface area contributed by atoms with Crippen LogP contribution in [-0.4, -0.2) is 19.6 Å². The summed E-state index contributed by atoms with van der Waals surface area (Å²) in [6.07, 6.45) is 1.40. The Kier molecular flexibility index (Phi) is 2.80. The largest absolute Gasteiger partial charge is 0.282 e. The van der Waals surface area contributed by atoms with Crippen molar-refractivity contribution >= 4 is 29.0 Å². The van der Waals surface area contributed by atoms with E-state index in [1.54, 1.807) is 25.1 Å². The molecule has 5 nitrogen and oxygen atoms in total. The number of H-pyrrole nitrogens is 1. The normalized spacial score (nSPS) is 11.1. The predicted octanol–water partition coefficient (Wildman–Crippen LogP) is 2.70. The standard InChI is InChI=1S/C12H8Cl2N4O/c1-6-9(10-7(13)3-2-4-8(10)14)11(19)18-12(17-6)15-5-16-18/h2-5H,1H3,(H,15,16,17). The minimum atomic E-state index is -0.282. The van der Waals surface area contributed by atoms with Gasteiger partial charge in [-0.2, -0.15) is 4.52 Å². The van der Waals surface area contributed by atoms with Gasteiger partial charge in [-0.05, 0) is 19.1 Å². The molecule has 7 heteroatoms. The summed E-state index contributed by atoms with van der Waals surface area (Å²) in [6, 6.07) is 5.09. The molecule has 96 valence electrons. The van der Waals surface area contributed by atoms with Gasteiger partial charge in [-0.3, -0.25) is 9.89 Å². The second-order valence-electron chi connectivity index (χ2n) is 4.00. The third-order valence-electron chi connectivity index (χ3n) is 2.83. The average Bonchev–Trinajstić information content (AvgIpc) is 2.81. The molecule has 0 radical (unpaired) electrons. The topological polar surface area (TPSA) is 63.1 Å². The van der Waals surface area contributed by atoms with Gasteiger partial charge in [0.2, 0.25) is 0 Å². The number of nitrogens with one attached hydrogen (secondary N) is 1. The average molecular weight is 295 g/mol. The van der Waals surface area contributed by atoms with Gasteiger partial charge in [0.05, 0.1) is 21.3 Å². The van der Waals surface area contributed by atoms with E-state index in [9.17, 15) is 4.79 Å².